The molecule has 8 heteroatoms. The highest BCUT2D eigenvalue weighted by molar-refractivity contribution is 7.89. The van der Waals surface area contributed by atoms with E-state index in [-0.39, 0.29) is 10.8 Å². The third-order valence-corrected chi connectivity index (χ3v) is 6.55. The Morgan fingerprint density at radius 2 is 1.83 bits per heavy atom. The van der Waals surface area contributed by atoms with Crippen molar-refractivity contribution in [1.29, 1.82) is 0 Å². The Hall–Kier alpha value is -2.84. The molecule has 1 N–H and O–H groups in total. The molecule has 3 rings (SSSR count). The standard InChI is InChI=1S/C21H24N2O5S/c1-27-18-9-10-20(28-2)16(14-18)8-11-21(24)22-17-6-5-7-19(15-17)29(25,26)23-12-3-4-13-23/h5-11,14-15H,3-4,12-13H2,1-2H3,(H,22,24)/b11-8+. The number of amides is 1. The maximum absolute atomic E-state index is 12.7. The minimum absolute atomic E-state index is 0.177. The van der Waals surface area contributed by atoms with Crippen molar-refractivity contribution in [2.75, 3.05) is 32.6 Å². The molecule has 0 unspecified atom stereocenters. The quantitative estimate of drug-likeness (QED) is 0.701. The van der Waals surface area contributed by atoms with Gasteiger partial charge in [-0.25, -0.2) is 8.42 Å². The lowest BCUT2D eigenvalue weighted by atomic mass is 10.1. The summed E-state index contributed by atoms with van der Waals surface area (Å²) in [4.78, 5) is 12.5. The summed E-state index contributed by atoms with van der Waals surface area (Å²) in [6.45, 7) is 1.06. The van der Waals surface area contributed by atoms with Gasteiger partial charge < -0.3 is 14.8 Å². The summed E-state index contributed by atoms with van der Waals surface area (Å²) < 4.78 is 37.3. The van der Waals surface area contributed by atoms with Gasteiger partial charge in [-0.15, -0.1) is 0 Å². The van der Waals surface area contributed by atoms with E-state index in [4.69, 9.17) is 9.47 Å². The Morgan fingerprint density at radius 3 is 2.52 bits per heavy atom. The largest absolute Gasteiger partial charge is 0.497 e. The number of hydrogen-bond donors (Lipinski definition) is 1. The first-order valence-corrected chi connectivity index (χ1v) is 10.7. The first-order chi connectivity index (χ1) is 13.9. The summed E-state index contributed by atoms with van der Waals surface area (Å²) in [5.74, 6) is 0.866. The molecule has 1 fully saturated rings. The van der Waals surface area contributed by atoms with Crippen LogP contribution in [0.5, 0.6) is 11.5 Å². The van der Waals surface area contributed by atoms with Crippen molar-refractivity contribution in [3.8, 4) is 11.5 Å². The van der Waals surface area contributed by atoms with Gasteiger partial charge in [-0.2, -0.15) is 4.31 Å². The van der Waals surface area contributed by atoms with Gasteiger partial charge in [0, 0.05) is 30.4 Å². The van der Waals surface area contributed by atoms with Crippen LogP contribution in [-0.4, -0.2) is 45.9 Å². The van der Waals surface area contributed by atoms with Crippen molar-refractivity contribution >= 4 is 27.7 Å². The number of nitrogens with one attached hydrogen (secondary N) is 1. The number of benzene rings is 2. The molecule has 0 saturated carbocycles. The molecule has 0 radical (unpaired) electrons. The molecule has 1 amide bonds. The number of anilines is 1. The molecule has 0 atom stereocenters. The number of carbonyl (C=O) groups is 1. The normalized spacial score (nSPS) is 14.8. The fraction of sp³-hybridized carbons (Fsp3) is 0.286. The molecule has 0 aliphatic carbocycles. The van der Waals surface area contributed by atoms with E-state index in [0.717, 1.165) is 12.8 Å². The highest BCUT2D eigenvalue weighted by Gasteiger charge is 2.27. The lowest BCUT2D eigenvalue weighted by Gasteiger charge is -2.16. The Kier molecular flexibility index (Phi) is 6.56. The highest BCUT2D eigenvalue weighted by Crippen LogP contribution is 2.26. The zero-order chi connectivity index (χ0) is 20.9. The molecule has 0 spiro atoms. The SMILES string of the molecule is COc1ccc(OC)c(/C=C/C(=O)Nc2cccc(S(=O)(=O)N3CCCC3)c2)c1. The third-order valence-electron chi connectivity index (χ3n) is 4.66. The van der Waals surface area contributed by atoms with Gasteiger partial charge in [0.1, 0.15) is 11.5 Å². The summed E-state index contributed by atoms with van der Waals surface area (Å²) in [5.41, 5.74) is 1.10. The van der Waals surface area contributed by atoms with Crippen molar-refractivity contribution in [3.63, 3.8) is 0 Å². The van der Waals surface area contributed by atoms with Gasteiger partial charge in [0.25, 0.3) is 0 Å². The van der Waals surface area contributed by atoms with Gasteiger partial charge in [0.15, 0.2) is 0 Å². The Morgan fingerprint density at radius 1 is 1.07 bits per heavy atom. The lowest BCUT2D eigenvalue weighted by molar-refractivity contribution is -0.111. The van der Waals surface area contributed by atoms with Crippen molar-refractivity contribution in [2.24, 2.45) is 0 Å². The van der Waals surface area contributed by atoms with Crippen LogP contribution < -0.4 is 14.8 Å². The molecule has 1 aliphatic rings. The Labute approximate surface area is 171 Å². The summed E-state index contributed by atoms with van der Waals surface area (Å²) in [5, 5.41) is 2.70. The summed E-state index contributed by atoms with van der Waals surface area (Å²) >= 11 is 0. The number of carbonyl (C=O) groups excluding carboxylic acids is 1. The van der Waals surface area contributed by atoms with Crippen molar-refractivity contribution in [2.45, 2.75) is 17.7 Å². The molecule has 29 heavy (non-hydrogen) atoms. The second-order valence-corrected chi connectivity index (χ2v) is 8.51. The molecule has 0 aromatic heterocycles. The average molecular weight is 416 g/mol. The summed E-state index contributed by atoms with van der Waals surface area (Å²) in [7, 11) is -0.428. The van der Waals surface area contributed by atoms with Crippen LogP contribution >= 0.6 is 0 Å². The first kappa shape index (κ1) is 20.9. The number of rotatable bonds is 7. The fourth-order valence-electron chi connectivity index (χ4n) is 3.13. The van der Waals surface area contributed by atoms with E-state index in [1.807, 2.05) is 0 Å². The zero-order valence-electron chi connectivity index (χ0n) is 16.4. The van der Waals surface area contributed by atoms with E-state index in [1.165, 1.54) is 16.4 Å². The van der Waals surface area contributed by atoms with E-state index in [0.29, 0.717) is 35.8 Å². The van der Waals surface area contributed by atoms with Crippen LogP contribution in [0.25, 0.3) is 6.08 Å². The minimum Gasteiger partial charge on any atom is -0.497 e. The molecule has 1 aliphatic heterocycles. The van der Waals surface area contributed by atoms with E-state index in [9.17, 15) is 13.2 Å². The van der Waals surface area contributed by atoms with Gasteiger partial charge in [-0.3, -0.25) is 4.79 Å². The maximum atomic E-state index is 12.7. The molecule has 154 valence electrons. The number of methoxy groups -OCH3 is 2. The lowest BCUT2D eigenvalue weighted by Crippen LogP contribution is -2.27. The number of ether oxygens (including phenoxy) is 2. The molecule has 2 aromatic carbocycles. The van der Waals surface area contributed by atoms with E-state index < -0.39 is 10.0 Å². The van der Waals surface area contributed by atoms with Crippen molar-refractivity contribution in [1.82, 2.24) is 4.31 Å². The molecular weight excluding hydrogens is 392 g/mol. The topological polar surface area (TPSA) is 84.9 Å². The number of nitrogens with zero attached hydrogens (tertiary/aromatic N) is 1. The molecule has 0 bridgehead atoms. The van der Waals surface area contributed by atoms with Crippen LogP contribution in [0.2, 0.25) is 0 Å². The van der Waals surface area contributed by atoms with Gasteiger partial charge in [-0.1, -0.05) is 6.07 Å². The van der Waals surface area contributed by atoms with Gasteiger partial charge in [0.2, 0.25) is 15.9 Å². The van der Waals surface area contributed by atoms with Crippen molar-refractivity contribution < 1.29 is 22.7 Å². The zero-order valence-corrected chi connectivity index (χ0v) is 17.2. The van der Waals surface area contributed by atoms with E-state index >= 15 is 0 Å². The molecule has 7 nitrogen and oxygen atoms in total. The third kappa shape index (κ3) is 4.96. The maximum Gasteiger partial charge on any atom is 0.248 e. The van der Waals surface area contributed by atoms with Crippen LogP contribution in [0.3, 0.4) is 0 Å². The molecule has 1 heterocycles. The van der Waals surface area contributed by atoms with E-state index in [2.05, 4.69) is 5.32 Å². The van der Waals surface area contributed by atoms with Crippen LogP contribution in [0.15, 0.2) is 53.4 Å². The number of sulfonamides is 1. The predicted molar refractivity (Wildman–Crippen MR) is 112 cm³/mol. The van der Waals surface area contributed by atoms with Crippen LogP contribution in [-0.2, 0) is 14.8 Å². The highest BCUT2D eigenvalue weighted by atomic mass is 32.2. The Bertz CT molecular complexity index is 1010. The summed E-state index contributed by atoms with van der Waals surface area (Å²) in [6, 6.07) is 11.6. The van der Waals surface area contributed by atoms with Gasteiger partial charge >= 0.3 is 0 Å². The second-order valence-electron chi connectivity index (χ2n) is 6.57. The minimum atomic E-state index is -3.54. The summed E-state index contributed by atoms with van der Waals surface area (Å²) in [6.07, 6.45) is 4.71. The average Bonchev–Trinajstić information content (AvgIpc) is 3.28. The number of hydrogen-bond acceptors (Lipinski definition) is 5. The molecular formula is C21H24N2O5S. The van der Waals surface area contributed by atoms with Crippen LogP contribution in [0.1, 0.15) is 18.4 Å². The van der Waals surface area contributed by atoms with Crippen molar-refractivity contribution in [3.05, 3.63) is 54.1 Å². The van der Waals surface area contributed by atoms with Gasteiger partial charge in [0.05, 0.1) is 19.1 Å². The van der Waals surface area contributed by atoms with Crippen LogP contribution in [0.4, 0.5) is 5.69 Å². The smallest absolute Gasteiger partial charge is 0.248 e. The van der Waals surface area contributed by atoms with Gasteiger partial charge in [-0.05, 0) is 55.3 Å². The predicted octanol–water partition coefficient (Wildman–Crippen LogP) is 3.14. The molecule has 1 saturated heterocycles. The first-order valence-electron chi connectivity index (χ1n) is 9.25. The molecule has 2 aromatic rings. The fourth-order valence-corrected chi connectivity index (χ4v) is 4.69. The van der Waals surface area contributed by atoms with E-state index in [1.54, 1.807) is 56.7 Å². The second kappa shape index (κ2) is 9.11. The van der Waals surface area contributed by atoms with Crippen LogP contribution in [0, 0.1) is 0 Å². The monoisotopic (exact) mass is 416 g/mol. The Balaban J connectivity index is 1.74.